The first kappa shape index (κ1) is 26.3. The number of nitrogens with one attached hydrogen (secondary N) is 4. The monoisotopic (exact) mass is 432 g/mol. The summed E-state index contributed by atoms with van der Waals surface area (Å²) in [6, 6.07) is -4.20. The Kier molecular flexibility index (Phi) is 11.1. The summed E-state index contributed by atoms with van der Waals surface area (Å²) in [7, 11) is 0. The van der Waals surface area contributed by atoms with Crippen LogP contribution in [0.15, 0.2) is 0 Å². The van der Waals surface area contributed by atoms with Crippen molar-refractivity contribution >= 4 is 41.5 Å². The van der Waals surface area contributed by atoms with Crippen LogP contribution in [0.4, 0.5) is 0 Å². The van der Waals surface area contributed by atoms with Crippen LogP contribution in [-0.4, -0.2) is 81.5 Å². The predicted molar refractivity (Wildman–Crippen MR) is 96.9 cm³/mol. The van der Waals surface area contributed by atoms with Gasteiger partial charge in [-0.3, -0.25) is 33.6 Å². The van der Waals surface area contributed by atoms with E-state index in [0.29, 0.717) is 0 Å². The lowest BCUT2D eigenvalue weighted by Crippen LogP contribution is -2.56. The molecule has 7 N–H and O–H groups in total. The van der Waals surface area contributed by atoms with Gasteiger partial charge in [-0.15, -0.1) is 0 Å². The van der Waals surface area contributed by atoms with Gasteiger partial charge in [0, 0.05) is 13.3 Å². The van der Waals surface area contributed by atoms with Crippen LogP contribution in [0.1, 0.15) is 33.1 Å². The van der Waals surface area contributed by atoms with Crippen molar-refractivity contribution in [3.05, 3.63) is 0 Å². The van der Waals surface area contributed by atoms with E-state index in [2.05, 4.69) is 16.0 Å². The van der Waals surface area contributed by atoms with Gasteiger partial charge in [-0.2, -0.15) is 0 Å². The molecule has 0 saturated carbocycles. The summed E-state index contributed by atoms with van der Waals surface area (Å²) >= 11 is 0. The minimum atomic E-state index is -1.67. The Morgan fingerprint density at radius 2 is 1.30 bits per heavy atom. The lowest BCUT2D eigenvalue weighted by Gasteiger charge is -2.23. The van der Waals surface area contributed by atoms with Gasteiger partial charge in [0.25, 0.3) is 0 Å². The average molecular weight is 432 g/mol. The fourth-order valence-corrected chi connectivity index (χ4v) is 2.15. The highest BCUT2D eigenvalue weighted by atomic mass is 16.4. The third-order valence-electron chi connectivity index (χ3n) is 3.52. The first-order valence-electron chi connectivity index (χ1n) is 8.64. The fraction of sp³-hybridized carbons (Fsp3) is 0.562. The quantitative estimate of drug-likeness (QED) is 0.156. The molecular weight excluding hydrogens is 408 g/mol. The van der Waals surface area contributed by atoms with Gasteiger partial charge in [0.1, 0.15) is 24.7 Å². The highest BCUT2D eigenvalue weighted by Crippen LogP contribution is 2.02. The molecule has 0 radical (unpaired) electrons. The van der Waals surface area contributed by atoms with Gasteiger partial charge in [-0.1, -0.05) is 0 Å². The summed E-state index contributed by atoms with van der Waals surface area (Å²) < 4.78 is 0. The molecule has 0 bridgehead atoms. The molecule has 14 heteroatoms. The van der Waals surface area contributed by atoms with Crippen molar-refractivity contribution in [2.24, 2.45) is 0 Å². The number of carbonyl (C=O) groups is 7. The molecule has 0 unspecified atom stereocenters. The van der Waals surface area contributed by atoms with E-state index < -0.39 is 85.5 Å². The van der Waals surface area contributed by atoms with Crippen molar-refractivity contribution in [3.8, 4) is 0 Å². The maximum Gasteiger partial charge on any atom is 0.322 e. The van der Waals surface area contributed by atoms with Crippen molar-refractivity contribution in [2.45, 2.75) is 51.2 Å². The SMILES string of the molecule is CC(=O)N[C@@H](C)C(=O)N[C@@H](CCC(=O)O)C(=O)N[C@@H](CC(=O)O)C(=O)NCC(=O)O. The first-order valence-corrected chi connectivity index (χ1v) is 8.64. The molecule has 0 aromatic heterocycles. The Morgan fingerprint density at radius 1 is 0.733 bits per heavy atom. The molecule has 30 heavy (non-hydrogen) atoms. The van der Waals surface area contributed by atoms with Gasteiger partial charge in [0.2, 0.25) is 23.6 Å². The summed E-state index contributed by atoms with van der Waals surface area (Å²) in [4.78, 5) is 79.9. The molecule has 0 aliphatic heterocycles. The Morgan fingerprint density at radius 3 is 1.77 bits per heavy atom. The van der Waals surface area contributed by atoms with Gasteiger partial charge in [0.15, 0.2) is 0 Å². The smallest absolute Gasteiger partial charge is 0.322 e. The van der Waals surface area contributed by atoms with Crippen LogP contribution in [0.5, 0.6) is 0 Å². The molecule has 0 aliphatic rings. The third kappa shape index (κ3) is 11.2. The zero-order chi connectivity index (χ0) is 23.4. The molecule has 3 atom stereocenters. The maximum absolute atomic E-state index is 12.5. The molecule has 0 spiro atoms. The molecule has 0 aromatic rings. The molecule has 168 valence electrons. The number of aliphatic carboxylic acids is 3. The minimum Gasteiger partial charge on any atom is -0.481 e. The van der Waals surface area contributed by atoms with E-state index in [9.17, 15) is 33.6 Å². The average Bonchev–Trinajstić information content (AvgIpc) is 2.60. The third-order valence-corrected chi connectivity index (χ3v) is 3.52. The van der Waals surface area contributed by atoms with Crippen LogP contribution in [0.2, 0.25) is 0 Å². The van der Waals surface area contributed by atoms with E-state index in [-0.39, 0.29) is 0 Å². The van der Waals surface area contributed by atoms with Crippen LogP contribution in [0.3, 0.4) is 0 Å². The van der Waals surface area contributed by atoms with Crippen LogP contribution < -0.4 is 21.3 Å². The summed E-state index contributed by atoms with van der Waals surface area (Å²) in [6.45, 7) is 1.65. The zero-order valence-corrected chi connectivity index (χ0v) is 16.3. The Bertz CT molecular complexity index is 708. The molecule has 0 fully saturated rings. The minimum absolute atomic E-state index is 0.393. The number of carbonyl (C=O) groups excluding carboxylic acids is 4. The Balaban J connectivity index is 5.34. The number of carboxylic acids is 3. The van der Waals surface area contributed by atoms with Crippen molar-refractivity contribution in [1.29, 1.82) is 0 Å². The van der Waals surface area contributed by atoms with Crippen molar-refractivity contribution in [3.63, 3.8) is 0 Å². The van der Waals surface area contributed by atoms with E-state index in [4.69, 9.17) is 15.3 Å². The number of hydrogen-bond donors (Lipinski definition) is 7. The Hall–Kier alpha value is -3.71. The highest BCUT2D eigenvalue weighted by Gasteiger charge is 2.30. The predicted octanol–water partition coefficient (Wildman–Crippen LogP) is -2.98. The van der Waals surface area contributed by atoms with Crippen LogP contribution in [0.25, 0.3) is 0 Å². The second kappa shape index (κ2) is 12.7. The number of rotatable bonds is 13. The topological polar surface area (TPSA) is 228 Å². The van der Waals surface area contributed by atoms with E-state index in [1.165, 1.54) is 6.92 Å². The second-order valence-corrected chi connectivity index (χ2v) is 6.19. The lowest BCUT2D eigenvalue weighted by molar-refractivity contribution is -0.141. The van der Waals surface area contributed by atoms with Crippen molar-refractivity contribution in [1.82, 2.24) is 21.3 Å². The van der Waals surface area contributed by atoms with E-state index in [1.807, 2.05) is 5.32 Å². The van der Waals surface area contributed by atoms with Gasteiger partial charge < -0.3 is 36.6 Å². The standard InChI is InChI=1S/C16H24N4O10/c1-7(18-8(2)21)14(28)19-9(3-4-11(22)23)16(30)20-10(5-12(24)25)15(29)17-6-13(26)27/h7,9-10H,3-6H2,1-2H3,(H,17,29)(H,18,21)(H,19,28)(H,20,30)(H,22,23)(H,24,25)(H,26,27)/t7-,9-,10-/m0/s1. The molecule has 0 aliphatic carbocycles. The van der Waals surface area contributed by atoms with Gasteiger partial charge in [-0.05, 0) is 13.3 Å². The summed E-state index contributed by atoms with van der Waals surface area (Å²) in [5.41, 5.74) is 0. The lowest BCUT2D eigenvalue weighted by atomic mass is 10.1. The van der Waals surface area contributed by atoms with E-state index in [1.54, 1.807) is 0 Å². The van der Waals surface area contributed by atoms with Gasteiger partial charge >= 0.3 is 17.9 Å². The number of amides is 4. The summed E-state index contributed by atoms with van der Waals surface area (Å²) in [6.07, 6.45) is -1.82. The Labute approximate surface area is 170 Å². The maximum atomic E-state index is 12.5. The summed E-state index contributed by atoms with van der Waals surface area (Å²) in [5, 5.41) is 34.8. The molecular formula is C16H24N4O10. The fourth-order valence-electron chi connectivity index (χ4n) is 2.15. The number of carboxylic acid groups (broad SMARTS) is 3. The molecule has 0 aromatic carbocycles. The van der Waals surface area contributed by atoms with Crippen molar-refractivity contribution in [2.75, 3.05) is 6.54 Å². The number of hydrogen-bond acceptors (Lipinski definition) is 7. The molecule has 4 amide bonds. The van der Waals surface area contributed by atoms with E-state index in [0.717, 1.165) is 6.92 Å². The van der Waals surface area contributed by atoms with Gasteiger partial charge in [-0.25, -0.2) is 0 Å². The van der Waals surface area contributed by atoms with Crippen molar-refractivity contribution < 1.29 is 48.9 Å². The first-order chi connectivity index (χ1) is 13.8. The normalized spacial score (nSPS) is 13.1. The molecule has 14 nitrogen and oxygen atoms in total. The van der Waals surface area contributed by atoms with E-state index >= 15 is 0 Å². The largest absolute Gasteiger partial charge is 0.481 e. The molecule has 0 heterocycles. The second-order valence-electron chi connectivity index (χ2n) is 6.19. The summed E-state index contributed by atoms with van der Waals surface area (Å²) in [5.74, 6) is -7.65. The molecule has 0 saturated heterocycles. The zero-order valence-electron chi connectivity index (χ0n) is 16.3. The van der Waals surface area contributed by atoms with Crippen LogP contribution >= 0.6 is 0 Å². The van der Waals surface area contributed by atoms with Crippen LogP contribution in [0, 0.1) is 0 Å². The highest BCUT2D eigenvalue weighted by molar-refractivity contribution is 5.95. The van der Waals surface area contributed by atoms with Gasteiger partial charge in [0.05, 0.1) is 6.42 Å². The van der Waals surface area contributed by atoms with Crippen LogP contribution in [-0.2, 0) is 33.6 Å². The molecule has 0 rings (SSSR count).